The third-order valence-corrected chi connectivity index (χ3v) is 3.93. The first kappa shape index (κ1) is 10.0. The van der Waals surface area contributed by atoms with Crippen molar-refractivity contribution in [2.24, 2.45) is 29.4 Å². The molecule has 0 aromatic heterocycles. The molecular formula is C11H23N. The zero-order valence-electron chi connectivity index (χ0n) is 8.88. The molecule has 1 nitrogen and oxygen atoms in total. The highest BCUT2D eigenvalue weighted by atomic mass is 14.7. The summed E-state index contributed by atoms with van der Waals surface area (Å²) in [5.41, 5.74) is 6.12. The highest BCUT2D eigenvalue weighted by molar-refractivity contribution is 4.83. The third kappa shape index (κ3) is 2.01. The summed E-state index contributed by atoms with van der Waals surface area (Å²) in [6, 6.07) is 0.431. The van der Waals surface area contributed by atoms with E-state index in [1.165, 1.54) is 12.8 Å². The average molecular weight is 169 g/mol. The molecule has 1 aliphatic carbocycles. The van der Waals surface area contributed by atoms with Gasteiger partial charge in [-0.1, -0.05) is 27.7 Å². The largest absolute Gasteiger partial charge is 0.327 e. The van der Waals surface area contributed by atoms with E-state index < -0.39 is 0 Å². The molecule has 0 bridgehead atoms. The molecule has 1 heteroatoms. The van der Waals surface area contributed by atoms with E-state index in [9.17, 15) is 0 Å². The van der Waals surface area contributed by atoms with E-state index in [1.54, 1.807) is 0 Å². The zero-order chi connectivity index (χ0) is 9.30. The van der Waals surface area contributed by atoms with Crippen molar-refractivity contribution < 1.29 is 0 Å². The summed E-state index contributed by atoms with van der Waals surface area (Å²) in [4.78, 5) is 0. The molecule has 72 valence electrons. The fourth-order valence-corrected chi connectivity index (χ4v) is 2.33. The van der Waals surface area contributed by atoms with Crippen LogP contribution in [0.3, 0.4) is 0 Å². The van der Waals surface area contributed by atoms with Gasteiger partial charge in [0.05, 0.1) is 0 Å². The van der Waals surface area contributed by atoms with Crippen LogP contribution in [0, 0.1) is 23.7 Å². The van der Waals surface area contributed by atoms with Crippen molar-refractivity contribution in [2.45, 2.75) is 46.6 Å². The number of hydrogen-bond acceptors (Lipinski definition) is 1. The first-order chi connectivity index (χ1) is 5.52. The summed E-state index contributed by atoms with van der Waals surface area (Å²) in [6.07, 6.45) is 2.57. The Balaban J connectivity index is 2.64. The summed E-state index contributed by atoms with van der Waals surface area (Å²) < 4.78 is 0. The molecule has 0 aromatic rings. The maximum atomic E-state index is 6.12. The lowest BCUT2D eigenvalue weighted by Crippen LogP contribution is -2.31. The predicted octanol–water partition coefficient (Wildman–Crippen LogP) is 2.65. The molecule has 1 rings (SSSR count). The molecule has 5 atom stereocenters. The van der Waals surface area contributed by atoms with Crippen LogP contribution >= 0.6 is 0 Å². The highest BCUT2D eigenvalue weighted by Crippen LogP contribution is 2.34. The monoisotopic (exact) mass is 169 g/mol. The smallest absolute Gasteiger partial charge is 0.00697 e. The van der Waals surface area contributed by atoms with Gasteiger partial charge in [-0.2, -0.15) is 0 Å². The van der Waals surface area contributed by atoms with Crippen LogP contribution in [0.4, 0.5) is 0 Å². The quantitative estimate of drug-likeness (QED) is 0.554. The maximum absolute atomic E-state index is 6.12. The third-order valence-electron chi connectivity index (χ3n) is 3.93. The Kier molecular flexibility index (Phi) is 3.16. The van der Waals surface area contributed by atoms with Crippen LogP contribution in [-0.4, -0.2) is 6.04 Å². The van der Waals surface area contributed by atoms with Gasteiger partial charge in [0.25, 0.3) is 0 Å². The van der Waals surface area contributed by atoms with Crippen LogP contribution in [0.25, 0.3) is 0 Å². The maximum Gasteiger partial charge on any atom is 0.00697 e. The van der Waals surface area contributed by atoms with Gasteiger partial charge >= 0.3 is 0 Å². The first-order valence-corrected chi connectivity index (χ1v) is 5.28. The van der Waals surface area contributed by atoms with E-state index in [2.05, 4.69) is 27.7 Å². The summed E-state index contributed by atoms with van der Waals surface area (Å²) in [7, 11) is 0. The van der Waals surface area contributed by atoms with Crippen LogP contribution < -0.4 is 5.73 Å². The van der Waals surface area contributed by atoms with Crippen molar-refractivity contribution in [1.29, 1.82) is 0 Å². The van der Waals surface area contributed by atoms with Crippen molar-refractivity contribution in [3.05, 3.63) is 0 Å². The highest BCUT2D eigenvalue weighted by Gasteiger charge is 2.29. The second-order valence-corrected chi connectivity index (χ2v) is 4.93. The normalized spacial score (nSPS) is 50.2. The summed E-state index contributed by atoms with van der Waals surface area (Å²) >= 11 is 0. The van der Waals surface area contributed by atoms with Gasteiger partial charge in [0.2, 0.25) is 0 Å². The Labute approximate surface area is 76.7 Å². The van der Waals surface area contributed by atoms with Crippen molar-refractivity contribution >= 4 is 0 Å². The van der Waals surface area contributed by atoms with E-state index in [-0.39, 0.29) is 0 Å². The minimum Gasteiger partial charge on any atom is -0.327 e. The molecule has 5 unspecified atom stereocenters. The lowest BCUT2D eigenvalue weighted by Gasteiger charge is -2.22. The van der Waals surface area contributed by atoms with Gasteiger partial charge in [-0.15, -0.1) is 0 Å². The number of hydrogen-bond donors (Lipinski definition) is 1. The molecule has 0 amide bonds. The summed E-state index contributed by atoms with van der Waals surface area (Å²) in [5, 5.41) is 0. The molecular weight excluding hydrogens is 146 g/mol. The van der Waals surface area contributed by atoms with Crippen LogP contribution in [0.15, 0.2) is 0 Å². The van der Waals surface area contributed by atoms with E-state index in [0.29, 0.717) is 12.0 Å². The number of rotatable bonds is 0. The van der Waals surface area contributed by atoms with E-state index in [4.69, 9.17) is 5.73 Å². The van der Waals surface area contributed by atoms with Gasteiger partial charge in [0.15, 0.2) is 0 Å². The zero-order valence-corrected chi connectivity index (χ0v) is 8.88. The predicted molar refractivity (Wildman–Crippen MR) is 53.9 cm³/mol. The van der Waals surface area contributed by atoms with Crippen LogP contribution in [0.2, 0.25) is 0 Å². The van der Waals surface area contributed by atoms with E-state index in [0.717, 1.165) is 17.8 Å². The molecule has 0 heterocycles. The molecule has 2 N–H and O–H groups in total. The van der Waals surface area contributed by atoms with Crippen LogP contribution in [0.5, 0.6) is 0 Å². The molecule has 0 aromatic carbocycles. The fraction of sp³-hybridized carbons (Fsp3) is 1.00. The molecule has 1 aliphatic rings. The second kappa shape index (κ2) is 3.78. The summed E-state index contributed by atoms with van der Waals surface area (Å²) in [5.74, 6) is 3.18. The SMILES string of the molecule is CC1CC(C)C(C)C(N)CC1C. The van der Waals surface area contributed by atoms with Crippen LogP contribution in [-0.2, 0) is 0 Å². The molecule has 0 spiro atoms. The Morgan fingerprint density at radius 2 is 1.33 bits per heavy atom. The molecule has 0 aliphatic heterocycles. The lowest BCUT2D eigenvalue weighted by molar-refractivity contribution is 0.310. The lowest BCUT2D eigenvalue weighted by atomic mass is 9.87. The van der Waals surface area contributed by atoms with Gasteiger partial charge < -0.3 is 5.73 Å². The van der Waals surface area contributed by atoms with Crippen molar-refractivity contribution in [2.75, 3.05) is 0 Å². The first-order valence-electron chi connectivity index (χ1n) is 5.28. The Morgan fingerprint density at radius 1 is 0.833 bits per heavy atom. The van der Waals surface area contributed by atoms with E-state index >= 15 is 0 Å². The molecule has 1 fully saturated rings. The average Bonchev–Trinajstić information content (AvgIpc) is 2.07. The van der Waals surface area contributed by atoms with Crippen molar-refractivity contribution in [3.63, 3.8) is 0 Å². The second-order valence-electron chi connectivity index (χ2n) is 4.93. The molecule has 0 radical (unpaired) electrons. The summed E-state index contributed by atoms with van der Waals surface area (Å²) in [6.45, 7) is 9.36. The van der Waals surface area contributed by atoms with Gasteiger partial charge in [0.1, 0.15) is 0 Å². The molecule has 12 heavy (non-hydrogen) atoms. The Morgan fingerprint density at radius 3 is 1.92 bits per heavy atom. The van der Waals surface area contributed by atoms with Gasteiger partial charge in [0, 0.05) is 6.04 Å². The number of nitrogens with two attached hydrogens (primary N) is 1. The minimum atomic E-state index is 0.431. The fourth-order valence-electron chi connectivity index (χ4n) is 2.33. The molecule has 0 saturated heterocycles. The van der Waals surface area contributed by atoms with E-state index in [1.807, 2.05) is 0 Å². The van der Waals surface area contributed by atoms with Gasteiger partial charge in [-0.05, 0) is 36.5 Å². The van der Waals surface area contributed by atoms with Crippen molar-refractivity contribution in [1.82, 2.24) is 0 Å². The Bertz CT molecular complexity index is 128. The topological polar surface area (TPSA) is 26.0 Å². The van der Waals surface area contributed by atoms with Gasteiger partial charge in [-0.3, -0.25) is 0 Å². The van der Waals surface area contributed by atoms with Gasteiger partial charge in [-0.25, -0.2) is 0 Å². The van der Waals surface area contributed by atoms with Crippen LogP contribution in [0.1, 0.15) is 40.5 Å². The standard InChI is InChI=1S/C11H23N/c1-7-5-9(3)10(4)11(12)6-8(7)2/h7-11H,5-6,12H2,1-4H3. The Hall–Kier alpha value is -0.0400. The molecule has 1 saturated carbocycles. The van der Waals surface area contributed by atoms with Crippen molar-refractivity contribution in [3.8, 4) is 0 Å². The minimum absolute atomic E-state index is 0.431.